The van der Waals surface area contributed by atoms with Crippen LogP contribution in [0.4, 0.5) is 5.69 Å². The number of anilines is 1. The van der Waals surface area contributed by atoms with Crippen LogP contribution in [0, 0.1) is 11.8 Å². The van der Waals surface area contributed by atoms with E-state index >= 15 is 0 Å². The Bertz CT molecular complexity index is 1350. The predicted molar refractivity (Wildman–Crippen MR) is 125 cm³/mol. The van der Waals surface area contributed by atoms with Gasteiger partial charge in [-0.25, -0.2) is 4.90 Å². The molecule has 3 aromatic rings. The maximum Gasteiger partial charge on any atom is 0.241 e. The van der Waals surface area contributed by atoms with E-state index in [1.807, 2.05) is 6.92 Å². The van der Waals surface area contributed by atoms with Gasteiger partial charge < -0.3 is 9.47 Å². The molecular weight excluding hydrogens is 446 g/mol. The van der Waals surface area contributed by atoms with Crippen LogP contribution in [0.15, 0.2) is 78.9 Å². The van der Waals surface area contributed by atoms with Crippen molar-refractivity contribution in [3.05, 3.63) is 95.6 Å². The van der Waals surface area contributed by atoms with Gasteiger partial charge in [-0.2, -0.15) is 0 Å². The van der Waals surface area contributed by atoms with Gasteiger partial charge in [-0.3, -0.25) is 19.2 Å². The predicted octanol–water partition coefficient (Wildman–Crippen LogP) is 3.78. The summed E-state index contributed by atoms with van der Waals surface area (Å²) < 4.78 is 11.8. The Kier molecular flexibility index (Phi) is 4.72. The van der Waals surface area contributed by atoms with Crippen LogP contribution in [0.1, 0.15) is 39.3 Å². The van der Waals surface area contributed by atoms with Crippen LogP contribution < -0.4 is 9.64 Å². The number of benzene rings is 3. The van der Waals surface area contributed by atoms with Gasteiger partial charge in [0, 0.05) is 11.1 Å². The highest BCUT2D eigenvalue weighted by atomic mass is 16.5. The number of para-hydroxylation sites is 1. The molecule has 2 fully saturated rings. The van der Waals surface area contributed by atoms with E-state index in [1.165, 1.54) is 0 Å². The van der Waals surface area contributed by atoms with E-state index in [4.69, 9.17) is 9.47 Å². The van der Waals surface area contributed by atoms with Gasteiger partial charge >= 0.3 is 0 Å². The van der Waals surface area contributed by atoms with Crippen LogP contribution in [0.3, 0.4) is 0 Å². The second-order valence-corrected chi connectivity index (χ2v) is 8.83. The molecule has 0 N–H and O–H groups in total. The maximum atomic E-state index is 13.8. The second-order valence-electron chi connectivity index (χ2n) is 8.83. The molecule has 1 aliphatic carbocycles. The summed E-state index contributed by atoms with van der Waals surface area (Å²) in [5, 5.41) is 0. The van der Waals surface area contributed by atoms with Gasteiger partial charge in [0.2, 0.25) is 29.0 Å². The lowest BCUT2D eigenvalue weighted by molar-refractivity contribution is -0.127. The number of carbonyl (C=O) groups excluding carboxylic acids is 4. The van der Waals surface area contributed by atoms with Gasteiger partial charge in [-0.15, -0.1) is 0 Å². The van der Waals surface area contributed by atoms with E-state index in [-0.39, 0.29) is 11.1 Å². The molecule has 174 valence electrons. The fourth-order valence-electron chi connectivity index (χ4n) is 5.57. The molecule has 2 heterocycles. The molecule has 3 aromatic carbocycles. The number of nitrogens with zero attached hydrogens (tertiary/aromatic N) is 1. The Morgan fingerprint density at radius 3 is 2.00 bits per heavy atom. The number of amides is 2. The quantitative estimate of drug-likeness (QED) is 0.429. The number of imide groups is 1. The number of ketones is 2. The lowest BCUT2D eigenvalue weighted by Crippen LogP contribution is -2.51. The molecule has 0 saturated carbocycles. The molecule has 7 nitrogen and oxygen atoms in total. The van der Waals surface area contributed by atoms with Crippen molar-refractivity contribution < 1.29 is 28.7 Å². The molecule has 6 rings (SSSR count). The molecule has 7 heteroatoms. The summed E-state index contributed by atoms with van der Waals surface area (Å²) >= 11 is 0. The Balaban J connectivity index is 1.51. The van der Waals surface area contributed by atoms with E-state index in [2.05, 4.69) is 0 Å². The third-order valence-electron chi connectivity index (χ3n) is 7.05. The topological polar surface area (TPSA) is 90.0 Å². The van der Waals surface area contributed by atoms with Crippen molar-refractivity contribution in [3.8, 4) is 5.75 Å². The van der Waals surface area contributed by atoms with Crippen LogP contribution in [0.25, 0.3) is 0 Å². The highest BCUT2D eigenvalue weighted by Gasteiger charge is 2.74. The SMILES string of the molecule is CCOc1ccc(C2OC3(C(=O)c4ccccc4C3=O)C3C(=O)N(c4ccccc4)C(=O)C23)cc1. The molecule has 0 bridgehead atoms. The van der Waals surface area contributed by atoms with Gasteiger partial charge in [0.05, 0.1) is 30.2 Å². The number of rotatable bonds is 4. The minimum atomic E-state index is -2.08. The smallest absolute Gasteiger partial charge is 0.241 e. The number of Topliss-reactive ketones (excluding diaryl/α,β-unsaturated/α-hetero) is 2. The fourth-order valence-corrected chi connectivity index (χ4v) is 5.57. The number of hydrogen-bond acceptors (Lipinski definition) is 6. The van der Waals surface area contributed by atoms with Crippen LogP contribution in [-0.4, -0.2) is 35.6 Å². The summed E-state index contributed by atoms with van der Waals surface area (Å²) in [4.78, 5) is 56.1. The molecule has 0 radical (unpaired) electrons. The molecule has 2 amide bonds. The largest absolute Gasteiger partial charge is 0.494 e. The van der Waals surface area contributed by atoms with Gasteiger partial charge in [0.1, 0.15) is 5.75 Å². The van der Waals surface area contributed by atoms with Crippen LogP contribution in [0.2, 0.25) is 0 Å². The maximum absolute atomic E-state index is 13.8. The lowest BCUT2D eigenvalue weighted by Gasteiger charge is -2.27. The molecular formula is C28H21NO6. The summed E-state index contributed by atoms with van der Waals surface area (Å²) in [5.41, 5.74) is -0.668. The van der Waals surface area contributed by atoms with Crippen molar-refractivity contribution in [2.45, 2.75) is 18.6 Å². The highest BCUT2D eigenvalue weighted by molar-refractivity contribution is 6.37. The van der Waals surface area contributed by atoms with Crippen LogP contribution >= 0.6 is 0 Å². The summed E-state index contributed by atoms with van der Waals surface area (Å²) in [6.07, 6.45) is -0.956. The Labute approximate surface area is 201 Å². The van der Waals surface area contributed by atoms with Gasteiger partial charge in [0.25, 0.3) is 0 Å². The van der Waals surface area contributed by atoms with Crippen molar-refractivity contribution >= 4 is 29.1 Å². The van der Waals surface area contributed by atoms with E-state index in [9.17, 15) is 19.2 Å². The normalized spacial score (nSPS) is 24.3. The van der Waals surface area contributed by atoms with Gasteiger partial charge in [-0.05, 0) is 36.8 Å². The van der Waals surface area contributed by atoms with E-state index < -0.39 is 46.9 Å². The van der Waals surface area contributed by atoms with Gasteiger partial charge in [0.15, 0.2) is 0 Å². The zero-order valence-electron chi connectivity index (χ0n) is 18.8. The first-order valence-electron chi connectivity index (χ1n) is 11.5. The molecule has 0 aromatic heterocycles. The molecule has 3 aliphatic rings. The number of carbonyl (C=O) groups is 4. The minimum absolute atomic E-state index is 0.210. The molecule has 3 atom stereocenters. The van der Waals surface area contributed by atoms with E-state index in [0.717, 1.165) is 4.90 Å². The average Bonchev–Trinajstić information content (AvgIpc) is 3.45. The zero-order chi connectivity index (χ0) is 24.3. The summed E-state index contributed by atoms with van der Waals surface area (Å²) in [6, 6.07) is 22.0. The van der Waals surface area contributed by atoms with Crippen molar-refractivity contribution in [2.24, 2.45) is 11.8 Å². The second kappa shape index (κ2) is 7.71. The minimum Gasteiger partial charge on any atom is -0.494 e. The molecule has 2 saturated heterocycles. The number of ether oxygens (including phenoxy) is 2. The summed E-state index contributed by atoms with van der Waals surface area (Å²) in [7, 11) is 0. The van der Waals surface area contributed by atoms with Crippen molar-refractivity contribution in [2.75, 3.05) is 11.5 Å². The van der Waals surface area contributed by atoms with Crippen LogP contribution in [0.5, 0.6) is 5.75 Å². The standard InChI is InChI=1S/C28H21NO6/c1-2-34-18-14-12-16(13-15-18)23-21-22(27(33)29(26(21)32)17-8-4-3-5-9-17)28(35-23)24(30)19-10-6-7-11-20(19)25(28)31/h3-15,21-23H,2H2,1H3. The third kappa shape index (κ3) is 2.82. The first-order chi connectivity index (χ1) is 17.0. The number of fused-ring (bicyclic) bond motifs is 3. The van der Waals surface area contributed by atoms with E-state index in [1.54, 1.807) is 78.9 Å². The zero-order valence-corrected chi connectivity index (χ0v) is 18.8. The first-order valence-corrected chi connectivity index (χ1v) is 11.5. The Hall–Kier alpha value is -4.10. The Morgan fingerprint density at radius 2 is 1.40 bits per heavy atom. The highest BCUT2D eigenvalue weighted by Crippen LogP contribution is 2.57. The monoisotopic (exact) mass is 467 g/mol. The fraction of sp³-hybridized carbons (Fsp3) is 0.214. The summed E-state index contributed by atoms with van der Waals surface area (Å²) in [6.45, 7) is 2.37. The lowest BCUT2D eigenvalue weighted by atomic mass is 9.77. The molecule has 35 heavy (non-hydrogen) atoms. The van der Waals surface area contributed by atoms with Crippen molar-refractivity contribution in [3.63, 3.8) is 0 Å². The molecule has 1 spiro atoms. The van der Waals surface area contributed by atoms with Gasteiger partial charge in [-0.1, -0.05) is 54.6 Å². The third-order valence-corrected chi connectivity index (χ3v) is 7.05. The van der Waals surface area contributed by atoms with E-state index in [0.29, 0.717) is 23.6 Å². The Morgan fingerprint density at radius 1 is 0.800 bits per heavy atom. The van der Waals surface area contributed by atoms with Crippen LogP contribution in [-0.2, 0) is 14.3 Å². The van der Waals surface area contributed by atoms with Crippen molar-refractivity contribution in [1.82, 2.24) is 0 Å². The van der Waals surface area contributed by atoms with Crippen molar-refractivity contribution in [1.29, 1.82) is 0 Å². The average molecular weight is 467 g/mol. The molecule has 2 aliphatic heterocycles. The first kappa shape index (κ1) is 21.4. The molecule has 3 unspecified atom stereocenters. The number of hydrogen-bond donors (Lipinski definition) is 0. The summed E-state index contributed by atoms with van der Waals surface area (Å²) in [5.74, 6) is -3.88.